The zero-order valence-corrected chi connectivity index (χ0v) is 24.8. The van der Waals surface area contributed by atoms with Crippen molar-refractivity contribution in [1.29, 1.82) is 5.26 Å². The first-order chi connectivity index (χ1) is 19.8. The molecule has 2 aromatic heterocycles. The summed E-state index contributed by atoms with van der Waals surface area (Å²) in [7, 11) is 0. The third-order valence-electron chi connectivity index (χ3n) is 9.37. The monoisotopic (exact) mass is 575 g/mol. The van der Waals surface area contributed by atoms with Crippen molar-refractivity contribution in [1.82, 2.24) is 9.97 Å². The molecule has 0 radical (unpaired) electrons. The molecule has 1 aromatic carbocycles. The fraction of sp³-hybridized carbons (Fsp3) is 0.469. The Morgan fingerprint density at radius 3 is 2.68 bits per heavy atom. The van der Waals surface area contributed by atoms with Gasteiger partial charge in [0.15, 0.2) is 5.82 Å². The number of thiophene rings is 1. The number of aromatic nitrogens is 2. The maximum atomic E-state index is 17.0. The van der Waals surface area contributed by atoms with Crippen molar-refractivity contribution in [3.63, 3.8) is 0 Å². The molecule has 214 valence electrons. The molecule has 41 heavy (non-hydrogen) atoms. The van der Waals surface area contributed by atoms with E-state index in [1.807, 2.05) is 13.8 Å². The number of ether oxygens (including phenoxy) is 1. The van der Waals surface area contributed by atoms with E-state index in [1.54, 1.807) is 13.1 Å². The average Bonchev–Trinajstić information content (AvgIpc) is 3.66. The first-order valence-electron chi connectivity index (χ1n) is 14.5. The maximum Gasteiger partial charge on any atom is 0.225 e. The number of benzene rings is 1. The molecule has 4 heterocycles. The standard InChI is InChI=1S/C32H35F2N5OS/c1-5-16(3)25(27-19(10-35)31(36)41-30(27)24(33)6-2)26-23-15-40-14-22(23)20-11-37-32(38-29(20)28(26)34)39-12-17(4)21(13-39)18-8-7-9-18/h6,11,17-18,21H,5,7-9,12-15,36H2,1-4H3/b24-6+,25-16?. The molecule has 1 aliphatic carbocycles. The molecule has 1 saturated carbocycles. The molecule has 3 aliphatic rings. The zero-order chi connectivity index (χ0) is 29.0. The molecular weight excluding hydrogens is 540 g/mol. The highest BCUT2D eigenvalue weighted by atomic mass is 32.1. The molecule has 2 atom stereocenters. The lowest BCUT2D eigenvalue weighted by Gasteiger charge is -2.33. The second kappa shape index (κ2) is 10.8. The van der Waals surface area contributed by atoms with Gasteiger partial charge in [0.1, 0.15) is 22.4 Å². The Morgan fingerprint density at radius 1 is 1.27 bits per heavy atom. The lowest BCUT2D eigenvalue weighted by molar-refractivity contribution is 0.134. The second-order valence-electron chi connectivity index (χ2n) is 11.6. The van der Waals surface area contributed by atoms with E-state index >= 15 is 8.78 Å². The van der Waals surface area contributed by atoms with Crippen LogP contribution >= 0.6 is 11.3 Å². The number of anilines is 2. The number of hydrogen-bond donors (Lipinski definition) is 1. The van der Waals surface area contributed by atoms with Gasteiger partial charge in [-0.15, -0.1) is 11.3 Å². The Morgan fingerprint density at radius 2 is 2.02 bits per heavy atom. The van der Waals surface area contributed by atoms with E-state index < -0.39 is 11.6 Å². The van der Waals surface area contributed by atoms with Crippen molar-refractivity contribution in [2.45, 2.75) is 66.6 Å². The summed E-state index contributed by atoms with van der Waals surface area (Å²) in [6, 6.07) is 2.16. The van der Waals surface area contributed by atoms with Crippen LogP contribution < -0.4 is 10.6 Å². The fourth-order valence-corrected chi connectivity index (χ4v) is 7.77. The average molecular weight is 576 g/mol. The lowest BCUT2D eigenvalue weighted by Crippen LogP contribution is -2.28. The predicted octanol–water partition coefficient (Wildman–Crippen LogP) is 7.75. The molecule has 2 unspecified atom stereocenters. The van der Waals surface area contributed by atoms with E-state index in [1.165, 1.54) is 25.3 Å². The van der Waals surface area contributed by atoms with Crippen LogP contribution in [0.15, 0.2) is 17.8 Å². The molecule has 0 bridgehead atoms. The van der Waals surface area contributed by atoms with E-state index in [2.05, 4.69) is 17.9 Å². The smallest absolute Gasteiger partial charge is 0.225 e. The number of rotatable bonds is 6. The van der Waals surface area contributed by atoms with Gasteiger partial charge in [-0.2, -0.15) is 5.26 Å². The van der Waals surface area contributed by atoms with Crippen LogP contribution in [-0.2, 0) is 18.0 Å². The van der Waals surface area contributed by atoms with Crippen molar-refractivity contribution >= 4 is 44.6 Å². The molecule has 9 heteroatoms. The van der Waals surface area contributed by atoms with Gasteiger partial charge in [0.05, 0.1) is 23.7 Å². The molecule has 1 saturated heterocycles. The van der Waals surface area contributed by atoms with Crippen LogP contribution in [0.5, 0.6) is 0 Å². The largest absolute Gasteiger partial charge is 0.389 e. The zero-order valence-electron chi connectivity index (χ0n) is 24.0. The highest BCUT2D eigenvalue weighted by molar-refractivity contribution is 7.17. The Kier molecular flexibility index (Phi) is 7.33. The van der Waals surface area contributed by atoms with Gasteiger partial charge in [0.2, 0.25) is 5.95 Å². The fourth-order valence-electron chi connectivity index (χ4n) is 6.78. The molecule has 2 N–H and O–H groups in total. The third-order valence-corrected chi connectivity index (χ3v) is 10.4. The van der Waals surface area contributed by atoms with Gasteiger partial charge < -0.3 is 15.4 Å². The third kappa shape index (κ3) is 4.43. The summed E-state index contributed by atoms with van der Waals surface area (Å²) in [4.78, 5) is 12.0. The van der Waals surface area contributed by atoms with Crippen molar-refractivity contribution < 1.29 is 13.5 Å². The number of nitrogens with zero attached hydrogens (tertiary/aromatic N) is 4. The van der Waals surface area contributed by atoms with Gasteiger partial charge in [-0.25, -0.2) is 18.7 Å². The molecule has 3 aromatic rings. The van der Waals surface area contributed by atoms with Crippen LogP contribution in [0.2, 0.25) is 0 Å². The number of allylic oxidation sites excluding steroid dienone is 2. The van der Waals surface area contributed by atoms with Crippen molar-refractivity contribution in [2.24, 2.45) is 17.8 Å². The first kappa shape index (κ1) is 27.8. The normalized spacial score (nSPS) is 21.7. The minimum absolute atomic E-state index is 0.161. The summed E-state index contributed by atoms with van der Waals surface area (Å²) in [5.41, 5.74) is 10.1. The van der Waals surface area contributed by atoms with Crippen LogP contribution in [-0.4, -0.2) is 23.1 Å². The number of nitrogen functional groups attached to an aromatic ring is 1. The topological polar surface area (TPSA) is 88.1 Å². The number of halogens is 2. The Bertz CT molecular complexity index is 1650. The second-order valence-corrected chi connectivity index (χ2v) is 12.7. The Labute approximate surface area is 243 Å². The summed E-state index contributed by atoms with van der Waals surface area (Å²) in [6.45, 7) is 9.97. The Hall–Kier alpha value is -3.35. The molecule has 6 rings (SSSR count). The van der Waals surface area contributed by atoms with Crippen LogP contribution in [0.3, 0.4) is 0 Å². The van der Waals surface area contributed by atoms with Gasteiger partial charge in [0, 0.05) is 35.8 Å². The molecule has 2 fully saturated rings. The first-order valence-corrected chi connectivity index (χ1v) is 15.3. The van der Waals surface area contributed by atoms with Gasteiger partial charge in [-0.3, -0.25) is 0 Å². The summed E-state index contributed by atoms with van der Waals surface area (Å²) < 4.78 is 38.1. The molecule has 2 aliphatic heterocycles. The van der Waals surface area contributed by atoms with Gasteiger partial charge >= 0.3 is 0 Å². The minimum atomic E-state index is -0.501. The van der Waals surface area contributed by atoms with E-state index in [-0.39, 0.29) is 27.6 Å². The van der Waals surface area contributed by atoms with Gasteiger partial charge in [0.25, 0.3) is 0 Å². The molecule has 0 spiro atoms. The quantitative estimate of drug-likeness (QED) is 0.323. The Balaban J connectivity index is 1.57. The summed E-state index contributed by atoms with van der Waals surface area (Å²) >= 11 is 1.01. The van der Waals surface area contributed by atoms with Crippen LogP contribution in [0.25, 0.3) is 22.3 Å². The van der Waals surface area contributed by atoms with Crippen molar-refractivity contribution in [2.75, 3.05) is 23.7 Å². The lowest BCUT2D eigenvalue weighted by atomic mass is 9.72. The minimum Gasteiger partial charge on any atom is -0.389 e. The maximum absolute atomic E-state index is 17.0. The molecule has 0 amide bonds. The van der Waals surface area contributed by atoms with Gasteiger partial charge in [-0.05, 0) is 54.7 Å². The predicted molar refractivity (Wildman–Crippen MR) is 160 cm³/mol. The van der Waals surface area contributed by atoms with Crippen molar-refractivity contribution in [3.8, 4) is 6.07 Å². The SMILES string of the molecule is C/C=C(/F)c1sc(N)c(C#N)c1C(=C(C)CC)c1c2c(c3cnc(N4CC(C)C(C5CCC5)C4)nc3c1F)COC2. The summed E-state index contributed by atoms with van der Waals surface area (Å²) in [5, 5.41) is 10.9. The highest BCUT2D eigenvalue weighted by Crippen LogP contribution is 2.48. The van der Waals surface area contributed by atoms with Crippen LogP contribution in [0.1, 0.15) is 86.1 Å². The van der Waals surface area contributed by atoms with E-state index in [0.717, 1.165) is 41.5 Å². The number of nitriles is 1. The van der Waals surface area contributed by atoms with E-state index in [9.17, 15) is 5.26 Å². The highest BCUT2D eigenvalue weighted by Gasteiger charge is 2.39. The summed E-state index contributed by atoms with van der Waals surface area (Å²) in [6.07, 6.45) is 7.51. The molecular formula is C32H35F2N5OS. The van der Waals surface area contributed by atoms with Crippen molar-refractivity contribution in [3.05, 3.63) is 56.4 Å². The molecule has 6 nitrogen and oxygen atoms in total. The van der Waals surface area contributed by atoms with Crippen LogP contribution in [0, 0.1) is 34.9 Å². The van der Waals surface area contributed by atoms with E-state index in [4.69, 9.17) is 20.4 Å². The number of fused-ring (bicyclic) bond motifs is 3. The number of hydrogen-bond acceptors (Lipinski definition) is 7. The summed E-state index contributed by atoms with van der Waals surface area (Å²) in [5.74, 6) is 1.42. The van der Waals surface area contributed by atoms with Gasteiger partial charge in [-0.1, -0.05) is 44.8 Å². The van der Waals surface area contributed by atoms with Crippen LogP contribution in [0.4, 0.5) is 19.7 Å². The van der Waals surface area contributed by atoms with E-state index in [0.29, 0.717) is 58.5 Å². The number of nitrogens with two attached hydrogens (primary N) is 1.